The van der Waals surface area contributed by atoms with Gasteiger partial charge >= 0.3 is 5.82 Å². The zero-order valence-corrected chi connectivity index (χ0v) is 9.78. The molecule has 0 unspecified atom stereocenters. The van der Waals surface area contributed by atoms with Crippen LogP contribution in [0.2, 0.25) is 0 Å². The molecule has 1 aromatic heterocycles. The van der Waals surface area contributed by atoms with Crippen molar-refractivity contribution >= 4 is 5.82 Å². The standard InChI is InChI=1S/C10H16N4O3/c1-17-9-3-6-12(7-4-9)8-13-10(14(15)16)2-5-11-13/h2,5,9H,3-4,6-8H2,1H3. The van der Waals surface area contributed by atoms with Crippen molar-refractivity contribution in [1.29, 1.82) is 0 Å². The van der Waals surface area contributed by atoms with Gasteiger partial charge in [-0.15, -0.1) is 4.68 Å². The van der Waals surface area contributed by atoms with Gasteiger partial charge in [0.25, 0.3) is 0 Å². The van der Waals surface area contributed by atoms with Crippen LogP contribution in [0.4, 0.5) is 5.82 Å². The van der Waals surface area contributed by atoms with Gasteiger partial charge in [0.15, 0.2) is 6.67 Å². The second-order valence-corrected chi connectivity index (χ2v) is 4.14. The number of nitrogens with zero attached hydrogens (tertiary/aromatic N) is 4. The third kappa shape index (κ3) is 2.80. The minimum atomic E-state index is -0.408. The summed E-state index contributed by atoms with van der Waals surface area (Å²) in [6, 6.07) is 1.42. The Labute approximate surface area is 99.1 Å². The Balaban J connectivity index is 1.93. The molecule has 94 valence electrons. The van der Waals surface area contributed by atoms with Crippen molar-refractivity contribution in [2.24, 2.45) is 0 Å². The molecule has 1 aliphatic heterocycles. The van der Waals surface area contributed by atoms with E-state index in [0.29, 0.717) is 12.8 Å². The zero-order chi connectivity index (χ0) is 12.3. The number of hydrogen-bond donors (Lipinski definition) is 0. The second-order valence-electron chi connectivity index (χ2n) is 4.14. The van der Waals surface area contributed by atoms with Gasteiger partial charge in [-0.1, -0.05) is 5.10 Å². The van der Waals surface area contributed by atoms with Crippen LogP contribution in [0.3, 0.4) is 0 Å². The molecule has 0 N–H and O–H groups in total. The van der Waals surface area contributed by atoms with E-state index in [1.807, 2.05) is 0 Å². The molecule has 1 fully saturated rings. The minimum absolute atomic E-state index is 0.0406. The number of ether oxygens (including phenoxy) is 1. The predicted octanol–water partition coefficient (Wildman–Crippen LogP) is 0.860. The largest absolute Gasteiger partial charge is 0.381 e. The summed E-state index contributed by atoms with van der Waals surface area (Å²) in [7, 11) is 1.72. The summed E-state index contributed by atoms with van der Waals surface area (Å²) in [6.45, 7) is 2.24. The molecule has 1 aromatic rings. The van der Waals surface area contributed by atoms with E-state index in [1.54, 1.807) is 7.11 Å². The summed E-state index contributed by atoms with van der Waals surface area (Å²) in [5.74, 6) is 0.0406. The molecule has 0 aliphatic carbocycles. The summed E-state index contributed by atoms with van der Waals surface area (Å²) in [5.41, 5.74) is 0. The highest BCUT2D eigenvalue weighted by atomic mass is 16.6. The number of nitro groups is 1. The van der Waals surface area contributed by atoms with Crippen LogP contribution in [0, 0.1) is 10.1 Å². The maximum absolute atomic E-state index is 10.7. The number of aromatic nitrogens is 2. The average molecular weight is 240 g/mol. The van der Waals surface area contributed by atoms with Crippen LogP contribution in [0.15, 0.2) is 12.3 Å². The summed E-state index contributed by atoms with van der Waals surface area (Å²) in [5, 5.41) is 14.7. The van der Waals surface area contributed by atoms with E-state index in [4.69, 9.17) is 4.74 Å². The summed E-state index contributed by atoms with van der Waals surface area (Å²) >= 11 is 0. The molecule has 0 radical (unpaired) electrons. The van der Waals surface area contributed by atoms with Crippen molar-refractivity contribution in [3.63, 3.8) is 0 Å². The Morgan fingerprint density at radius 1 is 1.59 bits per heavy atom. The smallest absolute Gasteiger partial charge is 0.346 e. The molecule has 2 rings (SSSR count). The third-order valence-electron chi connectivity index (χ3n) is 3.08. The van der Waals surface area contributed by atoms with Gasteiger partial charge in [0, 0.05) is 20.2 Å². The van der Waals surface area contributed by atoms with Gasteiger partial charge in [-0.05, 0) is 17.8 Å². The molecule has 0 spiro atoms. The highest BCUT2D eigenvalue weighted by molar-refractivity contribution is 5.15. The molecule has 0 saturated carbocycles. The van der Waals surface area contributed by atoms with Gasteiger partial charge in [-0.2, -0.15) is 0 Å². The highest BCUT2D eigenvalue weighted by Crippen LogP contribution is 2.16. The topological polar surface area (TPSA) is 73.4 Å². The van der Waals surface area contributed by atoms with Crippen LogP contribution in [0.1, 0.15) is 12.8 Å². The first-order valence-corrected chi connectivity index (χ1v) is 5.62. The first kappa shape index (κ1) is 12.0. The maximum atomic E-state index is 10.7. The van der Waals surface area contributed by atoms with Crippen LogP contribution in [-0.2, 0) is 11.4 Å². The van der Waals surface area contributed by atoms with Crippen molar-refractivity contribution in [1.82, 2.24) is 14.7 Å². The lowest BCUT2D eigenvalue weighted by molar-refractivity contribution is -0.393. The summed E-state index contributed by atoms with van der Waals surface area (Å²) in [6.07, 6.45) is 3.70. The Bertz CT molecular complexity index is 385. The van der Waals surface area contributed by atoms with E-state index >= 15 is 0 Å². The lowest BCUT2D eigenvalue weighted by Gasteiger charge is -2.29. The molecule has 7 nitrogen and oxygen atoms in total. The van der Waals surface area contributed by atoms with E-state index in [9.17, 15) is 10.1 Å². The predicted molar refractivity (Wildman–Crippen MR) is 60.5 cm³/mol. The number of hydrogen-bond acceptors (Lipinski definition) is 5. The highest BCUT2D eigenvalue weighted by Gasteiger charge is 2.22. The molecule has 17 heavy (non-hydrogen) atoms. The molecule has 0 amide bonds. The Morgan fingerprint density at radius 3 is 2.88 bits per heavy atom. The fraction of sp³-hybridized carbons (Fsp3) is 0.700. The summed E-state index contributed by atoms with van der Waals surface area (Å²) in [4.78, 5) is 12.5. The van der Waals surface area contributed by atoms with E-state index < -0.39 is 4.92 Å². The van der Waals surface area contributed by atoms with Crippen molar-refractivity contribution in [2.45, 2.75) is 25.6 Å². The second kappa shape index (κ2) is 5.24. The van der Waals surface area contributed by atoms with Crippen molar-refractivity contribution in [3.8, 4) is 0 Å². The number of methoxy groups -OCH3 is 1. The van der Waals surface area contributed by atoms with Crippen LogP contribution in [0.25, 0.3) is 0 Å². The molecule has 7 heteroatoms. The fourth-order valence-corrected chi connectivity index (χ4v) is 2.07. The quantitative estimate of drug-likeness (QED) is 0.576. The molecule has 0 aromatic carbocycles. The van der Waals surface area contributed by atoms with Crippen molar-refractivity contribution in [2.75, 3.05) is 20.2 Å². The fourth-order valence-electron chi connectivity index (χ4n) is 2.07. The Kier molecular flexibility index (Phi) is 3.70. The number of piperidine rings is 1. The lowest BCUT2D eigenvalue weighted by Crippen LogP contribution is -2.38. The molecule has 1 saturated heterocycles. The third-order valence-corrected chi connectivity index (χ3v) is 3.08. The Morgan fingerprint density at radius 2 is 2.29 bits per heavy atom. The molecule has 2 heterocycles. The maximum Gasteiger partial charge on any atom is 0.346 e. The van der Waals surface area contributed by atoms with Gasteiger partial charge in [-0.25, -0.2) is 0 Å². The van der Waals surface area contributed by atoms with Crippen molar-refractivity contribution < 1.29 is 9.66 Å². The monoisotopic (exact) mass is 240 g/mol. The normalized spacial score (nSPS) is 18.4. The van der Waals surface area contributed by atoms with Gasteiger partial charge < -0.3 is 14.9 Å². The van der Waals surface area contributed by atoms with Crippen LogP contribution in [0.5, 0.6) is 0 Å². The molecule has 0 bridgehead atoms. The van der Waals surface area contributed by atoms with Gasteiger partial charge in [0.2, 0.25) is 0 Å². The van der Waals surface area contributed by atoms with Crippen LogP contribution in [-0.4, -0.2) is 45.9 Å². The van der Waals surface area contributed by atoms with Gasteiger partial charge in [-0.3, -0.25) is 4.90 Å². The number of likely N-dealkylation sites (tertiary alicyclic amines) is 1. The minimum Gasteiger partial charge on any atom is -0.381 e. The SMILES string of the molecule is COC1CCN(Cn2nccc2[N+](=O)[O-])CC1. The zero-order valence-electron chi connectivity index (χ0n) is 9.78. The van der Waals surface area contributed by atoms with E-state index in [1.165, 1.54) is 16.9 Å². The molecule has 0 atom stereocenters. The first-order valence-electron chi connectivity index (χ1n) is 5.62. The first-order chi connectivity index (χ1) is 8.20. The van der Waals surface area contributed by atoms with Crippen molar-refractivity contribution in [3.05, 3.63) is 22.4 Å². The lowest BCUT2D eigenvalue weighted by atomic mass is 10.1. The molecular weight excluding hydrogens is 224 g/mol. The van der Waals surface area contributed by atoms with Crippen LogP contribution < -0.4 is 0 Å². The molecular formula is C10H16N4O3. The van der Waals surface area contributed by atoms with Gasteiger partial charge in [0.05, 0.1) is 18.4 Å². The van der Waals surface area contributed by atoms with Crippen LogP contribution >= 0.6 is 0 Å². The van der Waals surface area contributed by atoms with E-state index in [-0.39, 0.29) is 5.82 Å². The average Bonchev–Trinajstić information content (AvgIpc) is 2.78. The Hall–Kier alpha value is -1.47. The number of rotatable bonds is 4. The van der Waals surface area contributed by atoms with E-state index in [2.05, 4.69) is 10.00 Å². The summed E-state index contributed by atoms with van der Waals surface area (Å²) < 4.78 is 6.70. The molecule has 1 aliphatic rings. The van der Waals surface area contributed by atoms with E-state index in [0.717, 1.165) is 25.9 Å². The van der Waals surface area contributed by atoms with Gasteiger partial charge in [0.1, 0.15) is 0 Å².